The summed E-state index contributed by atoms with van der Waals surface area (Å²) in [6.07, 6.45) is 10.7. The normalized spacial score (nSPS) is 18.0. The van der Waals surface area contributed by atoms with E-state index in [0.29, 0.717) is 36.3 Å². The minimum atomic E-state index is -0.575. The summed E-state index contributed by atoms with van der Waals surface area (Å²) in [7, 11) is 1.53. The van der Waals surface area contributed by atoms with Crippen LogP contribution >= 0.6 is 0 Å². The Balaban J connectivity index is 1.45. The highest BCUT2D eigenvalue weighted by Gasteiger charge is 2.40. The van der Waals surface area contributed by atoms with Gasteiger partial charge in [0.1, 0.15) is 18.5 Å². The summed E-state index contributed by atoms with van der Waals surface area (Å²) >= 11 is 0. The number of esters is 1. The van der Waals surface area contributed by atoms with E-state index in [1.165, 1.54) is 58.6 Å². The number of benzene rings is 2. The molecule has 2 aromatic carbocycles. The standard InChI is InChI=1S/C34H46O8/c1-23(36)42-28(8-5-24-6-9-31(39)33(19-24)41-18-17-35)21-27(37)22-29(26-7-10-30(38)32(20-26)40-2)25-11-15-34(16-12-25)13-3-4-14-34/h6-7,9-10,19-20,25,28-29,35,38-39H,3-5,8,11-18,21-22H2,1-2H3/t28-,29-/m1/s1. The third-order valence-corrected chi connectivity index (χ3v) is 9.32. The first-order valence-electron chi connectivity index (χ1n) is 15.3. The molecule has 42 heavy (non-hydrogen) atoms. The number of aryl methyl sites for hydroxylation is 1. The molecule has 2 aromatic rings. The van der Waals surface area contributed by atoms with Crippen molar-refractivity contribution < 1.29 is 39.1 Å². The number of phenolic OH excluding ortho intramolecular Hbond substituents is 2. The van der Waals surface area contributed by atoms with E-state index in [2.05, 4.69) is 0 Å². The predicted octanol–water partition coefficient (Wildman–Crippen LogP) is 6.23. The number of hydrogen-bond donors (Lipinski definition) is 3. The Kier molecular flexibility index (Phi) is 11.1. The van der Waals surface area contributed by atoms with E-state index in [9.17, 15) is 19.8 Å². The molecule has 2 fully saturated rings. The Labute approximate surface area is 249 Å². The second-order valence-corrected chi connectivity index (χ2v) is 12.2. The Bertz CT molecular complexity index is 1190. The van der Waals surface area contributed by atoms with Crippen LogP contribution in [0.4, 0.5) is 0 Å². The molecule has 0 heterocycles. The topological polar surface area (TPSA) is 123 Å². The van der Waals surface area contributed by atoms with Crippen LogP contribution in [-0.4, -0.2) is 53.5 Å². The number of aliphatic hydroxyl groups excluding tert-OH is 1. The number of aromatic hydroxyl groups is 2. The van der Waals surface area contributed by atoms with Gasteiger partial charge in [-0.05, 0) is 104 Å². The monoisotopic (exact) mass is 582 g/mol. The van der Waals surface area contributed by atoms with Gasteiger partial charge in [-0.25, -0.2) is 0 Å². The molecule has 8 nitrogen and oxygen atoms in total. The second kappa shape index (κ2) is 14.8. The van der Waals surface area contributed by atoms with E-state index >= 15 is 0 Å². The summed E-state index contributed by atoms with van der Waals surface area (Å²) < 4.78 is 16.4. The minimum absolute atomic E-state index is 0.00735. The van der Waals surface area contributed by atoms with Crippen molar-refractivity contribution >= 4 is 11.8 Å². The smallest absolute Gasteiger partial charge is 0.302 e. The highest BCUT2D eigenvalue weighted by molar-refractivity contribution is 5.80. The highest BCUT2D eigenvalue weighted by atomic mass is 16.5. The van der Waals surface area contributed by atoms with Crippen LogP contribution in [-0.2, 0) is 20.7 Å². The van der Waals surface area contributed by atoms with Gasteiger partial charge in [0.15, 0.2) is 23.0 Å². The summed E-state index contributed by atoms with van der Waals surface area (Å²) in [4.78, 5) is 25.5. The maximum atomic E-state index is 13.6. The maximum Gasteiger partial charge on any atom is 0.302 e. The number of hydrogen-bond acceptors (Lipinski definition) is 8. The van der Waals surface area contributed by atoms with Gasteiger partial charge in [0.25, 0.3) is 0 Å². The van der Waals surface area contributed by atoms with E-state index in [1.54, 1.807) is 18.2 Å². The number of methoxy groups -OCH3 is 1. The van der Waals surface area contributed by atoms with Crippen LogP contribution in [0.2, 0.25) is 0 Å². The van der Waals surface area contributed by atoms with Crippen molar-refractivity contribution in [2.24, 2.45) is 11.3 Å². The van der Waals surface area contributed by atoms with Gasteiger partial charge in [-0.1, -0.05) is 25.0 Å². The number of ketones is 1. The number of Topliss-reactive ketones (excluding diaryl/α,β-unsaturated/α-hetero) is 1. The SMILES string of the molecule is COc1cc([C@H](CC(=O)C[C@@H](CCc2ccc(O)c(OCCO)c2)OC(C)=O)C2CCC3(CCCC3)CC2)ccc1O. The maximum absolute atomic E-state index is 13.6. The van der Waals surface area contributed by atoms with Crippen LogP contribution in [0, 0.1) is 11.3 Å². The lowest BCUT2D eigenvalue weighted by atomic mass is 9.65. The fraction of sp³-hybridized carbons (Fsp3) is 0.588. The van der Waals surface area contributed by atoms with Crippen LogP contribution in [0.3, 0.4) is 0 Å². The first-order valence-corrected chi connectivity index (χ1v) is 15.3. The van der Waals surface area contributed by atoms with Crippen LogP contribution in [0.5, 0.6) is 23.0 Å². The van der Waals surface area contributed by atoms with Gasteiger partial charge in [0.2, 0.25) is 0 Å². The molecule has 3 N–H and O–H groups in total. The zero-order chi connectivity index (χ0) is 30.1. The van der Waals surface area contributed by atoms with Crippen LogP contribution < -0.4 is 9.47 Å². The van der Waals surface area contributed by atoms with Crippen molar-refractivity contribution in [1.29, 1.82) is 0 Å². The van der Waals surface area contributed by atoms with Crippen molar-refractivity contribution in [3.63, 3.8) is 0 Å². The molecule has 0 radical (unpaired) electrons. The Hall–Kier alpha value is -3.26. The average Bonchev–Trinajstić information content (AvgIpc) is 3.43. The summed E-state index contributed by atoms with van der Waals surface area (Å²) in [6, 6.07) is 10.4. The predicted molar refractivity (Wildman–Crippen MR) is 159 cm³/mol. The third kappa shape index (κ3) is 8.40. The zero-order valence-electron chi connectivity index (χ0n) is 25.0. The molecule has 0 aliphatic heterocycles. The number of ether oxygens (including phenoxy) is 3. The van der Waals surface area contributed by atoms with Crippen LogP contribution in [0.15, 0.2) is 36.4 Å². The highest BCUT2D eigenvalue weighted by Crippen LogP contribution is 2.53. The van der Waals surface area contributed by atoms with E-state index in [1.807, 2.05) is 12.1 Å². The minimum Gasteiger partial charge on any atom is -0.504 e. The van der Waals surface area contributed by atoms with Crippen molar-refractivity contribution in [3.8, 4) is 23.0 Å². The third-order valence-electron chi connectivity index (χ3n) is 9.32. The van der Waals surface area contributed by atoms with Gasteiger partial charge >= 0.3 is 5.97 Å². The molecular formula is C34H46O8. The molecule has 2 aliphatic rings. The molecule has 2 saturated carbocycles. The quantitative estimate of drug-likeness (QED) is 0.224. The molecule has 0 amide bonds. The first kappa shape index (κ1) is 31.7. The molecule has 1 spiro atoms. The molecule has 2 aliphatic carbocycles. The molecule has 230 valence electrons. The Morgan fingerprint density at radius 1 is 0.952 bits per heavy atom. The summed E-state index contributed by atoms with van der Waals surface area (Å²) in [6.45, 7) is 1.25. The molecule has 0 unspecified atom stereocenters. The number of carbonyl (C=O) groups excluding carboxylic acids is 2. The summed E-state index contributed by atoms with van der Waals surface area (Å²) in [5.74, 6) is 0.702. The molecular weight excluding hydrogens is 536 g/mol. The van der Waals surface area contributed by atoms with Crippen molar-refractivity contribution in [2.45, 2.75) is 96.0 Å². The lowest BCUT2D eigenvalue weighted by Crippen LogP contribution is -2.29. The lowest BCUT2D eigenvalue weighted by Gasteiger charge is -2.40. The summed E-state index contributed by atoms with van der Waals surface area (Å²) in [5, 5.41) is 29.3. The van der Waals surface area contributed by atoms with Crippen molar-refractivity contribution in [1.82, 2.24) is 0 Å². The molecule has 0 bridgehead atoms. The van der Waals surface area contributed by atoms with Crippen LogP contribution in [0.25, 0.3) is 0 Å². The van der Waals surface area contributed by atoms with Gasteiger partial charge in [0.05, 0.1) is 13.7 Å². The Morgan fingerprint density at radius 2 is 1.64 bits per heavy atom. The van der Waals surface area contributed by atoms with Gasteiger partial charge in [-0.2, -0.15) is 0 Å². The number of phenols is 2. The van der Waals surface area contributed by atoms with Gasteiger partial charge in [-0.15, -0.1) is 0 Å². The molecule has 4 rings (SSSR count). The first-order chi connectivity index (χ1) is 20.2. The average molecular weight is 583 g/mol. The van der Waals surface area contributed by atoms with E-state index in [-0.39, 0.29) is 48.6 Å². The van der Waals surface area contributed by atoms with E-state index < -0.39 is 12.1 Å². The van der Waals surface area contributed by atoms with Gasteiger partial charge < -0.3 is 29.5 Å². The number of carbonyl (C=O) groups is 2. The largest absolute Gasteiger partial charge is 0.504 e. The van der Waals surface area contributed by atoms with E-state index in [4.69, 9.17) is 19.3 Å². The van der Waals surface area contributed by atoms with Crippen LogP contribution in [0.1, 0.15) is 94.6 Å². The molecule has 8 heteroatoms. The Morgan fingerprint density at radius 3 is 2.31 bits per heavy atom. The zero-order valence-corrected chi connectivity index (χ0v) is 25.0. The fourth-order valence-electron chi connectivity index (χ4n) is 7.09. The number of rotatable bonds is 14. The second-order valence-electron chi connectivity index (χ2n) is 12.2. The molecule has 0 aromatic heterocycles. The summed E-state index contributed by atoms with van der Waals surface area (Å²) in [5.41, 5.74) is 2.34. The lowest BCUT2D eigenvalue weighted by molar-refractivity contribution is -0.147. The van der Waals surface area contributed by atoms with Crippen molar-refractivity contribution in [3.05, 3.63) is 47.5 Å². The molecule has 0 saturated heterocycles. The van der Waals surface area contributed by atoms with E-state index in [0.717, 1.165) is 24.0 Å². The van der Waals surface area contributed by atoms with Gasteiger partial charge in [0, 0.05) is 19.8 Å². The number of aliphatic hydroxyl groups is 1. The van der Waals surface area contributed by atoms with Gasteiger partial charge in [-0.3, -0.25) is 9.59 Å². The fourth-order valence-corrected chi connectivity index (χ4v) is 7.09. The molecule has 2 atom stereocenters. The van der Waals surface area contributed by atoms with Crippen molar-refractivity contribution in [2.75, 3.05) is 20.3 Å².